The molecule has 1 aromatic rings. The molecule has 124 valence electrons. The monoisotopic (exact) mass is 319 g/mol. The SMILES string of the molecule is CCCNC(=O)C1CCCN(C(=O)c2cc(C(=O)O)ccn2)C1. The molecule has 7 heteroatoms. The molecule has 2 heterocycles. The summed E-state index contributed by atoms with van der Waals surface area (Å²) in [4.78, 5) is 41.1. The van der Waals surface area contributed by atoms with E-state index in [1.54, 1.807) is 4.90 Å². The molecule has 1 aliphatic heterocycles. The number of aromatic carboxylic acids is 1. The molecule has 2 N–H and O–H groups in total. The van der Waals surface area contributed by atoms with Crippen molar-refractivity contribution >= 4 is 17.8 Å². The maximum Gasteiger partial charge on any atom is 0.335 e. The number of carboxylic acid groups (broad SMARTS) is 1. The fourth-order valence-electron chi connectivity index (χ4n) is 2.61. The average Bonchev–Trinajstić information content (AvgIpc) is 2.59. The average molecular weight is 319 g/mol. The Labute approximate surface area is 134 Å². The Morgan fingerprint density at radius 3 is 2.91 bits per heavy atom. The second kappa shape index (κ2) is 7.71. The van der Waals surface area contributed by atoms with Gasteiger partial charge in [-0.15, -0.1) is 0 Å². The zero-order valence-electron chi connectivity index (χ0n) is 13.1. The summed E-state index contributed by atoms with van der Waals surface area (Å²) in [7, 11) is 0. The number of carbonyl (C=O) groups excluding carboxylic acids is 2. The number of carbonyl (C=O) groups is 3. The Kier molecular flexibility index (Phi) is 5.67. The van der Waals surface area contributed by atoms with E-state index >= 15 is 0 Å². The normalized spacial score (nSPS) is 17.6. The first kappa shape index (κ1) is 16.9. The number of piperidine rings is 1. The molecule has 0 aromatic carbocycles. The number of amides is 2. The van der Waals surface area contributed by atoms with E-state index in [1.807, 2.05) is 6.92 Å². The van der Waals surface area contributed by atoms with Gasteiger partial charge in [-0.2, -0.15) is 0 Å². The van der Waals surface area contributed by atoms with Crippen molar-refractivity contribution in [2.75, 3.05) is 19.6 Å². The summed E-state index contributed by atoms with van der Waals surface area (Å²) in [6.45, 7) is 3.51. The van der Waals surface area contributed by atoms with Gasteiger partial charge in [0, 0.05) is 25.8 Å². The largest absolute Gasteiger partial charge is 0.478 e. The molecule has 2 rings (SSSR count). The molecule has 1 aliphatic rings. The minimum absolute atomic E-state index is 0.0256. The summed E-state index contributed by atoms with van der Waals surface area (Å²) >= 11 is 0. The molecule has 2 amide bonds. The molecule has 0 spiro atoms. The van der Waals surface area contributed by atoms with Gasteiger partial charge < -0.3 is 15.3 Å². The van der Waals surface area contributed by atoms with E-state index in [-0.39, 0.29) is 29.0 Å². The van der Waals surface area contributed by atoms with Crippen LogP contribution in [0.4, 0.5) is 0 Å². The van der Waals surface area contributed by atoms with Crippen LogP contribution in [0.25, 0.3) is 0 Å². The van der Waals surface area contributed by atoms with Crippen LogP contribution in [0.3, 0.4) is 0 Å². The minimum atomic E-state index is -1.10. The van der Waals surface area contributed by atoms with Crippen molar-refractivity contribution in [2.24, 2.45) is 5.92 Å². The molecule has 0 saturated carbocycles. The highest BCUT2D eigenvalue weighted by atomic mass is 16.4. The molecule has 1 saturated heterocycles. The number of carboxylic acids is 1. The van der Waals surface area contributed by atoms with Crippen LogP contribution in [0.5, 0.6) is 0 Å². The summed E-state index contributed by atoms with van der Waals surface area (Å²) in [5.74, 6) is -1.68. The number of rotatable bonds is 5. The molecule has 0 bridgehead atoms. The van der Waals surface area contributed by atoms with E-state index in [0.717, 1.165) is 19.3 Å². The lowest BCUT2D eigenvalue weighted by molar-refractivity contribution is -0.126. The molecular weight excluding hydrogens is 298 g/mol. The van der Waals surface area contributed by atoms with Gasteiger partial charge in [0.1, 0.15) is 5.69 Å². The molecule has 0 radical (unpaired) electrons. The fraction of sp³-hybridized carbons (Fsp3) is 0.500. The smallest absolute Gasteiger partial charge is 0.335 e. The van der Waals surface area contributed by atoms with Crippen LogP contribution >= 0.6 is 0 Å². The van der Waals surface area contributed by atoms with E-state index in [4.69, 9.17) is 5.11 Å². The van der Waals surface area contributed by atoms with Crippen LogP contribution in [0.1, 0.15) is 47.0 Å². The van der Waals surface area contributed by atoms with E-state index in [9.17, 15) is 14.4 Å². The van der Waals surface area contributed by atoms with Gasteiger partial charge in [0.2, 0.25) is 5.91 Å². The van der Waals surface area contributed by atoms with Gasteiger partial charge in [-0.1, -0.05) is 6.92 Å². The van der Waals surface area contributed by atoms with Gasteiger partial charge in [0.25, 0.3) is 5.91 Å². The highest BCUT2D eigenvalue weighted by Gasteiger charge is 2.29. The molecule has 1 fully saturated rings. The van der Waals surface area contributed by atoms with E-state index < -0.39 is 5.97 Å². The number of hydrogen-bond donors (Lipinski definition) is 2. The first-order chi connectivity index (χ1) is 11.0. The van der Waals surface area contributed by atoms with Gasteiger partial charge in [-0.3, -0.25) is 14.6 Å². The third-order valence-electron chi connectivity index (χ3n) is 3.85. The predicted molar refractivity (Wildman–Crippen MR) is 83.1 cm³/mol. The van der Waals surface area contributed by atoms with Crippen LogP contribution in [-0.2, 0) is 4.79 Å². The zero-order valence-corrected chi connectivity index (χ0v) is 13.1. The first-order valence-corrected chi connectivity index (χ1v) is 7.79. The standard InChI is InChI=1S/C16H21N3O4/c1-2-6-18-14(20)12-4-3-8-19(10-12)15(21)13-9-11(16(22)23)5-7-17-13/h5,7,9,12H,2-4,6,8,10H2,1H3,(H,18,20)(H,22,23). The Morgan fingerprint density at radius 2 is 2.22 bits per heavy atom. The zero-order chi connectivity index (χ0) is 16.8. The van der Waals surface area contributed by atoms with Crippen molar-refractivity contribution in [3.05, 3.63) is 29.6 Å². The topological polar surface area (TPSA) is 99.6 Å². The summed E-state index contributed by atoms with van der Waals surface area (Å²) in [5.41, 5.74) is 0.122. The van der Waals surface area contributed by atoms with E-state index in [1.165, 1.54) is 18.3 Å². The number of nitrogens with one attached hydrogen (secondary N) is 1. The van der Waals surface area contributed by atoms with Crippen LogP contribution in [0.15, 0.2) is 18.3 Å². The number of nitrogens with zero attached hydrogens (tertiary/aromatic N) is 2. The van der Waals surface area contributed by atoms with Crippen molar-refractivity contribution in [3.8, 4) is 0 Å². The summed E-state index contributed by atoms with van der Waals surface area (Å²) in [6, 6.07) is 2.61. The Hall–Kier alpha value is -2.44. The second-order valence-electron chi connectivity index (χ2n) is 5.62. The highest BCUT2D eigenvalue weighted by molar-refractivity contribution is 5.96. The maximum atomic E-state index is 12.5. The van der Waals surface area contributed by atoms with Crippen LogP contribution in [-0.4, -0.2) is 52.4 Å². The summed E-state index contributed by atoms with van der Waals surface area (Å²) in [6.07, 6.45) is 3.68. The van der Waals surface area contributed by atoms with Crippen molar-refractivity contribution < 1.29 is 19.5 Å². The van der Waals surface area contributed by atoms with Gasteiger partial charge in [0.15, 0.2) is 0 Å². The molecule has 23 heavy (non-hydrogen) atoms. The highest BCUT2D eigenvalue weighted by Crippen LogP contribution is 2.18. The number of pyridine rings is 1. The number of aromatic nitrogens is 1. The van der Waals surface area contributed by atoms with Gasteiger partial charge in [-0.05, 0) is 31.4 Å². The van der Waals surface area contributed by atoms with Crippen molar-refractivity contribution in [3.63, 3.8) is 0 Å². The van der Waals surface area contributed by atoms with Gasteiger partial charge in [0.05, 0.1) is 11.5 Å². The Balaban J connectivity index is 2.06. The van der Waals surface area contributed by atoms with Crippen molar-refractivity contribution in [1.82, 2.24) is 15.2 Å². The molecule has 1 unspecified atom stereocenters. The number of likely N-dealkylation sites (tertiary alicyclic amines) is 1. The van der Waals surface area contributed by atoms with Crippen molar-refractivity contribution in [2.45, 2.75) is 26.2 Å². The molecule has 1 atom stereocenters. The third-order valence-corrected chi connectivity index (χ3v) is 3.85. The minimum Gasteiger partial charge on any atom is -0.478 e. The molecule has 0 aliphatic carbocycles. The maximum absolute atomic E-state index is 12.5. The lowest BCUT2D eigenvalue weighted by atomic mass is 9.96. The van der Waals surface area contributed by atoms with Crippen LogP contribution in [0.2, 0.25) is 0 Å². The Bertz CT molecular complexity index is 603. The first-order valence-electron chi connectivity index (χ1n) is 7.79. The molecule has 7 nitrogen and oxygen atoms in total. The summed E-state index contributed by atoms with van der Waals surface area (Å²) < 4.78 is 0. The lowest BCUT2D eigenvalue weighted by Gasteiger charge is -2.31. The van der Waals surface area contributed by atoms with Gasteiger partial charge >= 0.3 is 5.97 Å². The third kappa shape index (κ3) is 4.28. The van der Waals surface area contributed by atoms with Gasteiger partial charge in [-0.25, -0.2) is 4.79 Å². The van der Waals surface area contributed by atoms with Crippen molar-refractivity contribution in [1.29, 1.82) is 0 Å². The molecular formula is C16H21N3O4. The van der Waals surface area contributed by atoms with Crippen LogP contribution in [0, 0.1) is 5.92 Å². The predicted octanol–water partition coefficient (Wildman–Crippen LogP) is 1.16. The quantitative estimate of drug-likeness (QED) is 0.848. The fourth-order valence-corrected chi connectivity index (χ4v) is 2.61. The Morgan fingerprint density at radius 1 is 1.43 bits per heavy atom. The van der Waals surface area contributed by atoms with E-state index in [2.05, 4.69) is 10.3 Å². The lowest BCUT2D eigenvalue weighted by Crippen LogP contribution is -2.45. The second-order valence-corrected chi connectivity index (χ2v) is 5.62. The van der Waals surface area contributed by atoms with Crippen LogP contribution < -0.4 is 5.32 Å². The van der Waals surface area contributed by atoms with E-state index in [0.29, 0.717) is 19.6 Å². The number of hydrogen-bond acceptors (Lipinski definition) is 4. The summed E-state index contributed by atoms with van der Waals surface area (Å²) in [5, 5.41) is 11.8. The molecule has 1 aromatic heterocycles.